The molecule has 7 nitrogen and oxygen atoms in total. The molecule has 1 saturated heterocycles. The van der Waals surface area contributed by atoms with E-state index in [2.05, 4.69) is 4.98 Å². The molecule has 1 atom stereocenters. The monoisotopic (exact) mass is 375 g/mol. The van der Waals surface area contributed by atoms with Crippen LogP contribution in [-0.4, -0.2) is 40.1 Å². The fourth-order valence-corrected chi connectivity index (χ4v) is 3.19. The molecule has 0 aliphatic carbocycles. The Balaban J connectivity index is 1.58. The number of amides is 1. The maximum Gasteiger partial charge on any atom is 0.328 e. The zero-order valence-corrected chi connectivity index (χ0v) is 15.1. The smallest absolute Gasteiger partial charge is 0.328 e. The lowest BCUT2D eigenvalue weighted by Crippen LogP contribution is -2.43. The standard InChI is InChI=1S/C19H22FN3O4/c1-22-18(25)14(10-21-19(22)26)9-17(24)23-8-2-3-13(11-23)12-27-16-6-4-15(20)5-7-16/h4-7,10,13H,2-3,8-9,11-12H2,1H3,(H,21,26)/t13-/m0/s1. The number of nitrogens with zero attached hydrogens (tertiary/aromatic N) is 2. The van der Waals surface area contributed by atoms with Crippen molar-refractivity contribution in [3.63, 3.8) is 0 Å². The van der Waals surface area contributed by atoms with Crippen LogP contribution in [0.15, 0.2) is 40.1 Å². The zero-order valence-electron chi connectivity index (χ0n) is 15.1. The second-order valence-corrected chi connectivity index (χ2v) is 6.77. The Morgan fingerprint density at radius 3 is 2.78 bits per heavy atom. The van der Waals surface area contributed by atoms with Crippen LogP contribution >= 0.6 is 0 Å². The summed E-state index contributed by atoms with van der Waals surface area (Å²) >= 11 is 0. The molecule has 1 aliphatic heterocycles. The Morgan fingerprint density at radius 2 is 2.04 bits per heavy atom. The molecule has 0 spiro atoms. The topological polar surface area (TPSA) is 84.4 Å². The Bertz CT molecular complexity index is 920. The second-order valence-electron chi connectivity index (χ2n) is 6.77. The molecular weight excluding hydrogens is 353 g/mol. The first-order valence-corrected chi connectivity index (χ1v) is 8.88. The molecular formula is C19H22FN3O4. The summed E-state index contributed by atoms with van der Waals surface area (Å²) in [6.07, 6.45) is 3.05. The van der Waals surface area contributed by atoms with E-state index in [9.17, 15) is 18.8 Å². The molecule has 1 amide bonds. The summed E-state index contributed by atoms with van der Waals surface area (Å²) in [5, 5.41) is 0. The van der Waals surface area contributed by atoms with Gasteiger partial charge in [-0.1, -0.05) is 0 Å². The van der Waals surface area contributed by atoms with Gasteiger partial charge in [0.15, 0.2) is 0 Å². The van der Waals surface area contributed by atoms with Gasteiger partial charge in [-0.15, -0.1) is 0 Å². The van der Waals surface area contributed by atoms with E-state index in [0.29, 0.717) is 25.4 Å². The van der Waals surface area contributed by atoms with Gasteiger partial charge in [-0.2, -0.15) is 0 Å². The summed E-state index contributed by atoms with van der Waals surface area (Å²) in [5.74, 6) is 0.304. The molecule has 0 unspecified atom stereocenters. The van der Waals surface area contributed by atoms with Gasteiger partial charge in [0.1, 0.15) is 11.6 Å². The number of benzene rings is 1. The van der Waals surface area contributed by atoms with Gasteiger partial charge in [-0.05, 0) is 37.1 Å². The summed E-state index contributed by atoms with van der Waals surface area (Å²) in [5.41, 5.74) is -0.695. The first-order chi connectivity index (χ1) is 12.9. The van der Waals surface area contributed by atoms with Gasteiger partial charge in [0, 0.05) is 37.8 Å². The van der Waals surface area contributed by atoms with Crippen LogP contribution in [0.2, 0.25) is 0 Å². The van der Waals surface area contributed by atoms with Gasteiger partial charge in [0.25, 0.3) is 5.56 Å². The number of ether oxygens (including phenoxy) is 1. The molecule has 8 heteroatoms. The average Bonchev–Trinajstić information content (AvgIpc) is 2.68. The molecule has 2 heterocycles. The summed E-state index contributed by atoms with van der Waals surface area (Å²) in [6.45, 7) is 1.62. The molecule has 1 aliphatic rings. The van der Waals surface area contributed by atoms with Crippen LogP contribution in [0.1, 0.15) is 18.4 Å². The number of halogens is 1. The molecule has 1 aromatic heterocycles. The lowest BCUT2D eigenvalue weighted by Gasteiger charge is -2.32. The largest absolute Gasteiger partial charge is 0.493 e. The first kappa shape index (κ1) is 18.9. The number of aromatic nitrogens is 2. The number of hydrogen-bond donors (Lipinski definition) is 1. The minimum atomic E-state index is -0.507. The van der Waals surface area contributed by atoms with Crippen molar-refractivity contribution in [3.05, 3.63) is 62.7 Å². The van der Waals surface area contributed by atoms with Crippen molar-refractivity contribution >= 4 is 5.91 Å². The highest BCUT2D eigenvalue weighted by molar-refractivity contribution is 5.78. The summed E-state index contributed by atoms with van der Waals surface area (Å²) in [7, 11) is 1.37. The van der Waals surface area contributed by atoms with Crippen molar-refractivity contribution in [3.8, 4) is 5.75 Å². The van der Waals surface area contributed by atoms with E-state index in [0.717, 1.165) is 17.4 Å². The van der Waals surface area contributed by atoms with E-state index in [1.165, 1.54) is 25.4 Å². The van der Waals surface area contributed by atoms with Crippen LogP contribution in [0.5, 0.6) is 5.75 Å². The van der Waals surface area contributed by atoms with E-state index < -0.39 is 11.2 Å². The van der Waals surface area contributed by atoms with Crippen LogP contribution < -0.4 is 16.0 Å². The number of piperidine rings is 1. The number of hydrogen-bond acceptors (Lipinski definition) is 4. The molecule has 3 rings (SSSR count). The Labute approximate surface area is 155 Å². The third kappa shape index (κ3) is 4.64. The van der Waals surface area contributed by atoms with Crippen LogP contribution in [0.3, 0.4) is 0 Å². The molecule has 0 radical (unpaired) electrons. The number of carbonyl (C=O) groups is 1. The van der Waals surface area contributed by atoms with E-state index in [-0.39, 0.29) is 29.6 Å². The maximum absolute atomic E-state index is 12.9. The van der Waals surface area contributed by atoms with E-state index in [4.69, 9.17) is 4.74 Å². The second kappa shape index (κ2) is 8.20. The fraction of sp³-hybridized carbons (Fsp3) is 0.421. The SMILES string of the molecule is Cn1c(=O)[nH]cc(CC(=O)N2CCC[C@H](COc3ccc(F)cc3)C2)c1=O. The molecule has 144 valence electrons. The fourth-order valence-electron chi connectivity index (χ4n) is 3.19. The highest BCUT2D eigenvalue weighted by Crippen LogP contribution is 2.19. The molecule has 1 fully saturated rings. The van der Waals surface area contributed by atoms with Crippen LogP contribution in [0.4, 0.5) is 4.39 Å². The molecule has 0 saturated carbocycles. The van der Waals surface area contributed by atoms with E-state index >= 15 is 0 Å². The van der Waals surface area contributed by atoms with Crippen molar-refractivity contribution in [2.24, 2.45) is 13.0 Å². The quantitative estimate of drug-likeness (QED) is 0.847. The highest BCUT2D eigenvalue weighted by atomic mass is 19.1. The van der Waals surface area contributed by atoms with Crippen molar-refractivity contribution in [2.75, 3.05) is 19.7 Å². The highest BCUT2D eigenvalue weighted by Gasteiger charge is 2.25. The first-order valence-electron chi connectivity index (χ1n) is 8.88. The van der Waals surface area contributed by atoms with Crippen LogP contribution in [0, 0.1) is 11.7 Å². The maximum atomic E-state index is 12.9. The predicted octanol–water partition coefficient (Wildman–Crippen LogP) is 1.07. The summed E-state index contributed by atoms with van der Waals surface area (Å²) < 4.78 is 19.6. The number of nitrogens with one attached hydrogen (secondary N) is 1. The van der Waals surface area contributed by atoms with Crippen molar-refractivity contribution in [1.29, 1.82) is 0 Å². The minimum absolute atomic E-state index is 0.0466. The number of carbonyl (C=O) groups excluding carboxylic acids is 1. The summed E-state index contributed by atoms with van der Waals surface area (Å²) in [4.78, 5) is 40.3. The molecule has 27 heavy (non-hydrogen) atoms. The Morgan fingerprint density at radius 1 is 1.30 bits per heavy atom. The zero-order chi connectivity index (χ0) is 19.4. The summed E-state index contributed by atoms with van der Waals surface area (Å²) in [6, 6.07) is 5.84. The van der Waals surface area contributed by atoms with Crippen molar-refractivity contribution < 1.29 is 13.9 Å². The van der Waals surface area contributed by atoms with E-state index in [1.807, 2.05) is 0 Å². The molecule has 2 aromatic rings. The number of likely N-dealkylation sites (tertiary alicyclic amines) is 1. The molecule has 1 N–H and O–H groups in total. The molecule has 0 bridgehead atoms. The van der Waals surface area contributed by atoms with Gasteiger partial charge in [-0.25, -0.2) is 9.18 Å². The van der Waals surface area contributed by atoms with Gasteiger partial charge in [0.2, 0.25) is 5.91 Å². The van der Waals surface area contributed by atoms with E-state index in [1.54, 1.807) is 17.0 Å². The third-order valence-corrected chi connectivity index (χ3v) is 4.77. The van der Waals surface area contributed by atoms with Gasteiger partial charge >= 0.3 is 5.69 Å². The average molecular weight is 375 g/mol. The predicted molar refractivity (Wildman–Crippen MR) is 97.2 cm³/mol. The Hall–Kier alpha value is -2.90. The lowest BCUT2D eigenvalue weighted by molar-refractivity contribution is -0.132. The minimum Gasteiger partial charge on any atom is -0.493 e. The normalized spacial score (nSPS) is 17.0. The van der Waals surface area contributed by atoms with Crippen molar-refractivity contribution in [2.45, 2.75) is 19.3 Å². The van der Waals surface area contributed by atoms with Crippen LogP contribution in [0.25, 0.3) is 0 Å². The van der Waals surface area contributed by atoms with Gasteiger partial charge < -0.3 is 14.6 Å². The van der Waals surface area contributed by atoms with Crippen LogP contribution in [-0.2, 0) is 18.3 Å². The van der Waals surface area contributed by atoms with Gasteiger partial charge in [-0.3, -0.25) is 14.2 Å². The Kier molecular flexibility index (Phi) is 5.73. The van der Waals surface area contributed by atoms with Gasteiger partial charge in [0.05, 0.1) is 13.0 Å². The number of rotatable bonds is 5. The third-order valence-electron chi connectivity index (χ3n) is 4.77. The number of H-pyrrole nitrogens is 1. The van der Waals surface area contributed by atoms with Crippen molar-refractivity contribution in [1.82, 2.24) is 14.5 Å². The number of aromatic amines is 1. The lowest BCUT2D eigenvalue weighted by atomic mass is 9.98. The molecule has 1 aromatic carbocycles.